The van der Waals surface area contributed by atoms with Crippen molar-refractivity contribution in [2.75, 3.05) is 32.8 Å². The van der Waals surface area contributed by atoms with Gasteiger partial charge in [0.1, 0.15) is 12.4 Å². The topological polar surface area (TPSA) is 33.7 Å². The summed E-state index contributed by atoms with van der Waals surface area (Å²) in [6, 6.07) is 10.4. The monoisotopic (exact) mass is 452 g/mol. The molecule has 0 saturated carbocycles. The van der Waals surface area contributed by atoms with Crippen molar-refractivity contribution in [1.29, 1.82) is 0 Å². The summed E-state index contributed by atoms with van der Waals surface area (Å²) < 4.78 is 25.7. The van der Waals surface area contributed by atoms with Gasteiger partial charge in [-0.25, -0.2) is 4.39 Å². The van der Waals surface area contributed by atoms with Crippen molar-refractivity contribution in [1.82, 2.24) is 10.2 Å². The zero-order valence-corrected chi connectivity index (χ0v) is 18.5. The number of hydrogen-bond donors (Lipinski definition) is 1. The minimum Gasteiger partial charge on any atom is -0.490 e. The number of rotatable bonds is 12. The van der Waals surface area contributed by atoms with E-state index in [1.165, 1.54) is 12.1 Å². The smallest absolute Gasteiger partial charge is 0.175 e. The molecule has 0 fully saturated rings. The number of hydrogen-bond acceptors (Lipinski definition) is 4. The highest BCUT2D eigenvalue weighted by atomic mass is 79.9. The molecule has 0 radical (unpaired) electrons. The van der Waals surface area contributed by atoms with Gasteiger partial charge in [-0.3, -0.25) is 0 Å². The molecule has 2 aromatic carbocycles. The Morgan fingerprint density at radius 1 is 1.00 bits per heavy atom. The molecule has 0 aliphatic carbocycles. The Kier molecular flexibility index (Phi) is 9.75. The highest BCUT2D eigenvalue weighted by molar-refractivity contribution is 9.10. The maximum Gasteiger partial charge on any atom is 0.175 e. The van der Waals surface area contributed by atoms with E-state index in [0.717, 1.165) is 48.3 Å². The SMILES string of the molecule is CCOc1cc(CNCCN(CC)CC)cc(Br)c1OCc1ccc(F)cc1. The summed E-state index contributed by atoms with van der Waals surface area (Å²) in [4.78, 5) is 2.39. The molecule has 2 aromatic rings. The lowest BCUT2D eigenvalue weighted by atomic mass is 10.2. The summed E-state index contributed by atoms with van der Waals surface area (Å²) >= 11 is 3.61. The molecule has 4 nitrogen and oxygen atoms in total. The molecule has 0 spiro atoms. The maximum atomic E-state index is 13.1. The molecule has 0 saturated heterocycles. The van der Waals surface area contributed by atoms with Crippen molar-refractivity contribution in [2.24, 2.45) is 0 Å². The van der Waals surface area contributed by atoms with Gasteiger partial charge in [0, 0.05) is 19.6 Å². The molecular weight excluding hydrogens is 423 g/mol. The highest BCUT2D eigenvalue weighted by Gasteiger charge is 2.13. The van der Waals surface area contributed by atoms with Crippen LogP contribution < -0.4 is 14.8 Å². The van der Waals surface area contributed by atoms with Crippen LogP contribution in [0.1, 0.15) is 31.9 Å². The van der Waals surface area contributed by atoms with Gasteiger partial charge in [0.05, 0.1) is 11.1 Å². The molecular formula is C22H30BrFN2O2. The Bertz CT molecular complexity index is 721. The summed E-state index contributed by atoms with van der Waals surface area (Å²) in [5.41, 5.74) is 2.03. The van der Waals surface area contributed by atoms with Crippen LogP contribution in [0.5, 0.6) is 11.5 Å². The number of likely N-dealkylation sites (N-methyl/N-ethyl adjacent to an activating group) is 1. The molecule has 28 heavy (non-hydrogen) atoms. The summed E-state index contributed by atoms with van der Waals surface area (Å²) in [5, 5.41) is 3.49. The molecule has 0 aliphatic rings. The molecule has 0 heterocycles. The predicted octanol–water partition coefficient (Wildman–Crippen LogP) is 5.00. The van der Waals surface area contributed by atoms with Crippen LogP contribution in [-0.4, -0.2) is 37.7 Å². The van der Waals surface area contributed by atoms with Crippen LogP contribution in [-0.2, 0) is 13.2 Å². The summed E-state index contributed by atoms with van der Waals surface area (Å²) in [6.45, 7) is 12.1. The lowest BCUT2D eigenvalue weighted by molar-refractivity contribution is 0.267. The van der Waals surface area contributed by atoms with E-state index in [9.17, 15) is 4.39 Å². The van der Waals surface area contributed by atoms with E-state index < -0.39 is 0 Å². The van der Waals surface area contributed by atoms with E-state index in [4.69, 9.17) is 9.47 Å². The molecule has 0 atom stereocenters. The molecule has 0 bridgehead atoms. The minimum atomic E-state index is -0.252. The van der Waals surface area contributed by atoms with Crippen LogP contribution in [0, 0.1) is 5.82 Å². The molecule has 0 amide bonds. The van der Waals surface area contributed by atoms with E-state index in [0.29, 0.717) is 24.7 Å². The van der Waals surface area contributed by atoms with Crippen LogP contribution >= 0.6 is 15.9 Å². The molecule has 154 valence electrons. The number of halogens is 2. The minimum absolute atomic E-state index is 0.252. The summed E-state index contributed by atoms with van der Waals surface area (Å²) in [5.74, 6) is 1.12. The van der Waals surface area contributed by atoms with Gasteiger partial charge in [0.25, 0.3) is 0 Å². The third-order valence-electron chi connectivity index (χ3n) is 4.49. The Hall–Kier alpha value is -1.63. The van der Waals surface area contributed by atoms with Gasteiger partial charge in [-0.05, 0) is 71.3 Å². The second-order valence-corrected chi connectivity index (χ2v) is 7.31. The quantitative estimate of drug-likeness (QED) is 0.459. The number of nitrogens with zero attached hydrogens (tertiary/aromatic N) is 1. The Morgan fingerprint density at radius 3 is 2.36 bits per heavy atom. The molecule has 0 unspecified atom stereocenters. The Morgan fingerprint density at radius 2 is 1.71 bits per heavy atom. The molecule has 2 rings (SSSR count). The number of benzene rings is 2. The fourth-order valence-electron chi connectivity index (χ4n) is 2.87. The van der Waals surface area contributed by atoms with Crippen molar-refractivity contribution in [3.05, 3.63) is 57.8 Å². The van der Waals surface area contributed by atoms with Crippen LogP contribution in [0.2, 0.25) is 0 Å². The van der Waals surface area contributed by atoms with Gasteiger partial charge in [-0.1, -0.05) is 26.0 Å². The summed E-state index contributed by atoms with van der Waals surface area (Å²) in [6.07, 6.45) is 0. The third-order valence-corrected chi connectivity index (χ3v) is 5.08. The first-order chi connectivity index (χ1) is 13.6. The Labute approximate surface area is 176 Å². The average Bonchev–Trinajstić information content (AvgIpc) is 2.69. The van der Waals surface area contributed by atoms with Crippen LogP contribution in [0.25, 0.3) is 0 Å². The molecule has 1 N–H and O–H groups in total. The fourth-order valence-corrected chi connectivity index (χ4v) is 3.48. The van der Waals surface area contributed by atoms with Gasteiger partial charge in [0.2, 0.25) is 0 Å². The zero-order valence-electron chi connectivity index (χ0n) is 16.9. The number of ether oxygens (including phenoxy) is 2. The van der Waals surface area contributed by atoms with E-state index in [2.05, 4.69) is 40.0 Å². The van der Waals surface area contributed by atoms with Gasteiger partial charge < -0.3 is 19.7 Å². The van der Waals surface area contributed by atoms with Gasteiger partial charge in [-0.15, -0.1) is 0 Å². The first-order valence-corrected chi connectivity index (χ1v) is 10.6. The Balaban J connectivity index is 2.00. The molecule has 0 aliphatic heterocycles. The van der Waals surface area contributed by atoms with Crippen LogP contribution in [0.4, 0.5) is 4.39 Å². The van der Waals surface area contributed by atoms with E-state index >= 15 is 0 Å². The second-order valence-electron chi connectivity index (χ2n) is 6.46. The molecule has 6 heteroatoms. The van der Waals surface area contributed by atoms with Crippen molar-refractivity contribution in [3.8, 4) is 11.5 Å². The highest BCUT2D eigenvalue weighted by Crippen LogP contribution is 2.37. The lowest BCUT2D eigenvalue weighted by Gasteiger charge is -2.18. The third kappa shape index (κ3) is 7.08. The van der Waals surface area contributed by atoms with Crippen molar-refractivity contribution in [3.63, 3.8) is 0 Å². The first-order valence-electron chi connectivity index (χ1n) is 9.82. The van der Waals surface area contributed by atoms with Crippen molar-refractivity contribution >= 4 is 15.9 Å². The first kappa shape index (κ1) is 22.7. The second kappa shape index (κ2) is 12.0. The van der Waals surface area contributed by atoms with E-state index in [-0.39, 0.29) is 5.82 Å². The van der Waals surface area contributed by atoms with Crippen molar-refractivity contribution < 1.29 is 13.9 Å². The lowest BCUT2D eigenvalue weighted by Crippen LogP contribution is -2.31. The maximum absolute atomic E-state index is 13.1. The largest absolute Gasteiger partial charge is 0.490 e. The van der Waals surface area contributed by atoms with E-state index in [1.54, 1.807) is 12.1 Å². The standard InChI is InChI=1S/C22H30BrFN2O2/c1-4-26(5-2)12-11-25-15-18-13-20(23)22(21(14-18)27-6-3)28-16-17-7-9-19(24)10-8-17/h7-10,13-14,25H,4-6,11-12,15-16H2,1-3H3. The van der Waals surface area contributed by atoms with Crippen molar-refractivity contribution in [2.45, 2.75) is 33.9 Å². The van der Waals surface area contributed by atoms with Gasteiger partial charge >= 0.3 is 0 Å². The summed E-state index contributed by atoms with van der Waals surface area (Å²) in [7, 11) is 0. The molecule has 0 aromatic heterocycles. The van der Waals surface area contributed by atoms with Crippen LogP contribution in [0.3, 0.4) is 0 Å². The normalized spacial score (nSPS) is 11.1. The fraction of sp³-hybridized carbons (Fsp3) is 0.455. The average molecular weight is 453 g/mol. The van der Waals surface area contributed by atoms with E-state index in [1.807, 2.05) is 19.1 Å². The van der Waals surface area contributed by atoms with Gasteiger partial charge in [-0.2, -0.15) is 0 Å². The number of nitrogens with one attached hydrogen (secondary N) is 1. The zero-order chi connectivity index (χ0) is 20.4. The van der Waals surface area contributed by atoms with Gasteiger partial charge in [0.15, 0.2) is 11.5 Å². The predicted molar refractivity (Wildman–Crippen MR) is 116 cm³/mol. The van der Waals surface area contributed by atoms with Crippen LogP contribution in [0.15, 0.2) is 40.9 Å².